The molecule has 1 saturated heterocycles. The summed E-state index contributed by atoms with van der Waals surface area (Å²) in [6, 6.07) is 18.0. The van der Waals surface area contributed by atoms with Crippen LogP contribution in [0.4, 0.5) is 0 Å². The van der Waals surface area contributed by atoms with Crippen LogP contribution in [0.2, 0.25) is 0 Å². The highest BCUT2D eigenvalue weighted by Gasteiger charge is 2.28. The summed E-state index contributed by atoms with van der Waals surface area (Å²) in [6.45, 7) is 4.94. The van der Waals surface area contributed by atoms with Crippen LogP contribution < -0.4 is 14.8 Å². The van der Waals surface area contributed by atoms with Gasteiger partial charge < -0.3 is 19.5 Å². The van der Waals surface area contributed by atoms with Gasteiger partial charge in [0.15, 0.2) is 17.6 Å². The van der Waals surface area contributed by atoms with E-state index in [9.17, 15) is 8.42 Å². The topological polar surface area (TPSA) is 94.1 Å². The Balaban J connectivity index is 0.000000628. The van der Waals surface area contributed by atoms with Gasteiger partial charge in [-0.25, -0.2) is 0 Å². The van der Waals surface area contributed by atoms with Gasteiger partial charge in [0, 0.05) is 13.1 Å². The van der Waals surface area contributed by atoms with Gasteiger partial charge in [0.05, 0.1) is 19.5 Å². The van der Waals surface area contributed by atoms with E-state index >= 15 is 0 Å². The zero-order chi connectivity index (χ0) is 20.4. The fraction of sp³-hybridized carbons (Fsp3) is 0.400. The predicted octanol–water partition coefficient (Wildman–Crippen LogP) is 3.12. The Morgan fingerprint density at radius 1 is 1.14 bits per heavy atom. The fourth-order valence-electron chi connectivity index (χ4n) is 2.74. The Bertz CT molecular complexity index is 805. The zero-order valence-corrected chi connectivity index (χ0v) is 18.1. The summed E-state index contributed by atoms with van der Waals surface area (Å²) in [7, 11) is -3.67. The second-order valence-corrected chi connectivity index (χ2v) is 7.64. The van der Waals surface area contributed by atoms with E-state index in [1.54, 1.807) is 0 Å². The molecule has 3 rings (SSSR count). The van der Waals surface area contributed by atoms with Crippen LogP contribution in [-0.2, 0) is 14.9 Å². The van der Waals surface area contributed by atoms with Gasteiger partial charge in [-0.15, -0.1) is 12.4 Å². The second-order valence-electron chi connectivity index (χ2n) is 6.18. The lowest BCUT2D eigenvalue weighted by Crippen LogP contribution is -2.43. The van der Waals surface area contributed by atoms with Crippen LogP contribution in [0.25, 0.3) is 0 Å². The number of hydrogen-bond acceptors (Lipinski definition) is 6. The van der Waals surface area contributed by atoms with Crippen LogP contribution in [-0.4, -0.2) is 51.6 Å². The van der Waals surface area contributed by atoms with Crippen LogP contribution in [0, 0.1) is 0 Å². The fourth-order valence-corrected chi connectivity index (χ4v) is 2.74. The van der Waals surface area contributed by atoms with Gasteiger partial charge in [-0.3, -0.25) is 4.55 Å². The van der Waals surface area contributed by atoms with E-state index in [4.69, 9.17) is 18.8 Å². The molecule has 0 bridgehead atoms. The first kappa shape index (κ1) is 25.2. The summed E-state index contributed by atoms with van der Waals surface area (Å²) >= 11 is 0. The average Bonchev–Trinajstić information content (AvgIpc) is 2.67. The Morgan fingerprint density at radius 3 is 2.28 bits per heavy atom. The molecule has 0 aliphatic carbocycles. The molecule has 29 heavy (non-hydrogen) atoms. The van der Waals surface area contributed by atoms with Gasteiger partial charge in [0.25, 0.3) is 10.1 Å². The van der Waals surface area contributed by atoms with Crippen LogP contribution in [0.3, 0.4) is 0 Å². The molecule has 0 radical (unpaired) electrons. The molecule has 0 amide bonds. The summed E-state index contributed by atoms with van der Waals surface area (Å²) in [5.41, 5.74) is 1.10. The first-order valence-corrected chi connectivity index (χ1v) is 10.9. The molecule has 1 aliphatic heterocycles. The molecule has 0 aromatic heterocycles. The molecule has 162 valence electrons. The van der Waals surface area contributed by atoms with Gasteiger partial charge in [0.1, 0.15) is 6.10 Å². The Kier molecular flexibility index (Phi) is 11.0. The van der Waals surface area contributed by atoms with E-state index in [0.29, 0.717) is 19.5 Å². The molecular weight excluding hydrogens is 418 g/mol. The molecule has 0 unspecified atom stereocenters. The van der Waals surface area contributed by atoms with E-state index in [1.165, 1.54) is 0 Å². The number of nitrogens with one attached hydrogen (secondary N) is 1. The van der Waals surface area contributed by atoms with Gasteiger partial charge in [-0.1, -0.05) is 42.5 Å². The third-order valence-electron chi connectivity index (χ3n) is 3.83. The summed E-state index contributed by atoms with van der Waals surface area (Å²) in [5.74, 6) is 1.51. The van der Waals surface area contributed by atoms with Crippen molar-refractivity contribution in [1.82, 2.24) is 5.32 Å². The zero-order valence-electron chi connectivity index (χ0n) is 16.5. The second kappa shape index (κ2) is 12.7. The van der Waals surface area contributed by atoms with E-state index in [2.05, 4.69) is 17.4 Å². The van der Waals surface area contributed by atoms with Crippen molar-refractivity contribution in [3.8, 4) is 11.5 Å². The van der Waals surface area contributed by atoms with Crippen molar-refractivity contribution in [1.29, 1.82) is 0 Å². The molecule has 7 nitrogen and oxygen atoms in total. The number of halogens is 1. The maximum absolute atomic E-state index is 9.19. The van der Waals surface area contributed by atoms with Gasteiger partial charge >= 0.3 is 0 Å². The first-order valence-electron chi connectivity index (χ1n) is 9.06. The Morgan fingerprint density at radius 2 is 1.72 bits per heavy atom. The highest BCUT2D eigenvalue weighted by Crippen LogP contribution is 2.33. The molecule has 0 saturated carbocycles. The summed E-state index contributed by atoms with van der Waals surface area (Å²) < 4.78 is 43.8. The van der Waals surface area contributed by atoms with Crippen LogP contribution in [0.15, 0.2) is 54.6 Å². The molecular formula is C20H28ClNO6S. The molecule has 1 fully saturated rings. The third-order valence-corrected chi connectivity index (χ3v) is 3.83. The monoisotopic (exact) mass is 445 g/mol. The Hall–Kier alpha value is -1.84. The standard InChI is InChI=1S/C19H23NO3.CH4O3S.ClH/c1-2-21-16-10-6-7-11-17(16)23-19(15-8-4-3-5-9-15)18-14-20-12-13-22-18;1-5(2,3)4;/h3-11,18-20H,2,12-14H2,1H3;1H3,(H,2,3,4);1H/t18-,19-;;/m1../s1. The number of morpholine rings is 1. The van der Waals surface area contributed by atoms with E-state index in [-0.39, 0.29) is 24.6 Å². The first-order chi connectivity index (χ1) is 13.4. The smallest absolute Gasteiger partial charge is 0.261 e. The minimum Gasteiger partial charge on any atom is -0.490 e. The highest BCUT2D eigenvalue weighted by molar-refractivity contribution is 7.85. The van der Waals surface area contributed by atoms with Gasteiger partial charge in [-0.05, 0) is 24.6 Å². The van der Waals surface area contributed by atoms with Gasteiger partial charge in [0.2, 0.25) is 0 Å². The number of hydrogen-bond donors (Lipinski definition) is 2. The summed E-state index contributed by atoms with van der Waals surface area (Å²) in [6.07, 6.45) is 0.513. The largest absolute Gasteiger partial charge is 0.490 e. The SMILES string of the molecule is CCOc1ccccc1O[C@H](c1ccccc1)[C@H]1CNCCO1.CS(=O)(=O)O.Cl. The molecule has 0 spiro atoms. The van der Waals surface area contributed by atoms with Crippen LogP contribution in [0.1, 0.15) is 18.6 Å². The van der Waals surface area contributed by atoms with Gasteiger partial charge in [-0.2, -0.15) is 8.42 Å². The maximum atomic E-state index is 9.19. The lowest BCUT2D eigenvalue weighted by atomic mass is 10.0. The lowest BCUT2D eigenvalue weighted by molar-refractivity contribution is -0.0439. The summed E-state index contributed by atoms with van der Waals surface area (Å²) in [4.78, 5) is 0. The molecule has 2 N–H and O–H groups in total. The minimum absolute atomic E-state index is 0. The van der Waals surface area contributed by atoms with Crippen molar-refractivity contribution in [2.24, 2.45) is 0 Å². The van der Waals surface area contributed by atoms with Crippen molar-refractivity contribution in [2.75, 3.05) is 32.6 Å². The number of benzene rings is 2. The Labute approximate surface area is 178 Å². The van der Waals surface area contributed by atoms with Crippen molar-refractivity contribution in [3.63, 3.8) is 0 Å². The van der Waals surface area contributed by atoms with E-state index in [1.807, 2.05) is 49.4 Å². The maximum Gasteiger partial charge on any atom is 0.261 e. The van der Waals surface area contributed by atoms with Crippen LogP contribution >= 0.6 is 12.4 Å². The third kappa shape index (κ3) is 9.47. The lowest BCUT2D eigenvalue weighted by Gasteiger charge is -2.32. The quantitative estimate of drug-likeness (QED) is 0.659. The van der Waals surface area contributed by atoms with Crippen molar-refractivity contribution in [3.05, 3.63) is 60.2 Å². The molecule has 9 heteroatoms. The molecule has 1 heterocycles. The molecule has 2 atom stereocenters. The number of para-hydroxylation sites is 2. The van der Waals surface area contributed by atoms with Crippen LogP contribution in [0.5, 0.6) is 11.5 Å². The number of rotatable bonds is 6. The minimum atomic E-state index is -3.67. The molecule has 2 aromatic rings. The normalized spacial score (nSPS) is 17.1. The van der Waals surface area contributed by atoms with Crippen molar-refractivity contribution >= 4 is 22.5 Å². The van der Waals surface area contributed by atoms with Crippen molar-refractivity contribution in [2.45, 2.75) is 19.1 Å². The molecule has 1 aliphatic rings. The molecule has 2 aromatic carbocycles. The number of ether oxygens (including phenoxy) is 3. The average molecular weight is 446 g/mol. The predicted molar refractivity (Wildman–Crippen MR) is 115 cm³/mol. The summed E-state index contributed by atoms with van der Waals surface area (Å²) in [5, 5.41) is 3.37. The van der Waals surface area contributed by atoms with Crippen molar-refractivity contribution < 1.29 is 27.2 Å². The van der Waals surface area contributed by atoms with E-state index in [0.717, 1.165) is 30.2 Å². The highest BCUT2D eigenvalue weighted by atomic mass is 35.5. The van der Waals surface area contributed by atoms with E-state index < -0.39 is 10.1 Å².